The Morgan fingerprint density at radius 3 is 2.56 bits per heavy atom. The molecule has 2 fully saturated rings. The van der Waals surface area contributed by atoms with E-state index in [0.29, 0.717) is 12.5 Å². The van der Waals surface area contributed by atoms with Crippen molar-refractivity contribution in [2.75, 3.05) is 13.1 Å². The van der Waals surface area contributed by atoms with E-state index in [9.17, 15) is 9.59 Å². The minimum Gasteiger partial charge on any atom is -0.329 e. The summed E-state index contributed by atoms with van der Waals surface area (Å²) in [5, 5.41) is 0. The van der Waals surface area contributed by atoms with Gasteiger partial charge in [-0.15, -0.1) is 0 Å². The fraction of sp³-hybridized carbons (Fsp3) is 0.857. The summed E-state index contributed by atoms with van der Waals surface area (Å²) in [7, 11) is 0. The molecule has 0 aromatic carbocycles. The average molecular weight is 252 g/mol. The highest BCUT2D eigenvalue weighted by molar-refractivity contribution is 5.97. The number of carbonyl (C=O) groups is 2. The SMILES string of the molecule is CCC1C(=O)N2CCCCC2C(=O)N1CC(C)C. The van der Waals surface area contributed by atoms with Crippen LogP contribution in [0.5, 0.6) is 0 Å². The molecule has 0 radical (unpaired) electrons. The first-order chi connectivity index (χ1) is 8.56. The predicted octanol–water partition coefficient (Wildman–Crippen LogP) is 1.64. The fourth-order valence-corrected chi connectivity index (χ4v) is 3.13. The van der Waals surface area contributed by atoms with E-state index >= 15 is 0 Å². The van der Waals surface area contributed by atoms with Crippen molar-refractivity contribution >= 4 is 11.8 Å². The van der Waals surface area contributed by atoms with E-state index in [4.69, 9.17) is 0 Å². The van der Waals surface area contributed by atoms with E-state index in [-0.39, 0.29) is 23.9 Å². The van der Waals surface area contributed by atoms with Crippen molar-refractivity contribution < 1.29 is 9.59 Å². The van der Waals surface area contributed by atoms with Gasteiger partial charge >= 0.3 is 0 Å². The summed E-state index contributed by atoms with van der Waals surface area (Å²) in [6.07, 6.45) is 3.67. The van der Waals surface area contributed by atoms with Gasteiger partial charge in [0.2, 0.25) is 11.8 Å². The Morgan fingerprint density at radius 2 is 1.94 bits per heavy atom. The lowest BCUT2D eigenvalue weighted by atomic mass is 9.93. The number of rotatable bonds is 3. The lowest BCUT2D eigenvalue weighted by Gasteiger charge is -2.47. The van der Waals surface area contributed by atoms with E-state index in [2.05, 4.69) is 13.8 Å². The van der Waals surface area contributed by atoms with Crippen LogP contribution in [0.25, 0.3) is 0 Å². The quantitative estimate of drug-likeness (QED) is 0.766. The van der Waals surface area contributed by atoms with Crippen LogP contribution in [0.3, 0.4) is 0 Å². The summed E-state index contributed by atoms with van der Waals surface area (Å²) in [5.41, 5.74) is 0. The monoisotopic (exact) mass is 252 g/mol. The average Bonchev–Trinajstić information content (AvgIpc) is 2.36. The molecule has 2 amide bonds. The van der Waals surface area contributed by atoms with Crippen LogP contribution in [-0.4, -0.2) is 46.8 Å². The third kappa shape index (κ3) is 2.25. The predicted molar refractivity (Wildman–Crippen MR) is 70.0 cm³/mol. The van der Waals surface area contributed by atoms with Gasteiger partial charge in [0.05, 0.1) is 0 Å². The van der Waals surface area contributed by atoms with Crippen LogP contribution >= 0.6 is 0 Å². The molecule has 4 nitrogen and oxygen atoms in total. The molecular formula is C14H24N2O2. The first-order valence-electron chi connectivity index (χ1n) is 7.17. The molecule has 4 heteroatoms. The Hall–Kier alpha value is -1.06. The Labute approximate surface area is 109 Å². The van der Waals surface area contributed by atoms with E-state index < -0.39 is 0 Å². The molecule has 18 heavy (non-hydrogen) atoms. The molecule has 0 aliphatic carbocycles. The van der Waals surface area contributed by atoms with E-state index in [0.717, 1.165) is 32.2 Å². The molecule has 0 N–H and O–H groups in total. The summed E-state index contributed by atoms with van der Waals surface area (Å²) in [6, 6.07) is -0.401. The van der Waals surface area contributed by atoms with Crippen molar-refractivity contribution in [3.8, 4) is 0 Å². The molecule has 0 aromatic heterocycles. The standard InChI is InChI=1S/C14H24N2O2/c1-4-11-13(17)15-8-6-5-7-12(15)14(18)16(11)9-10(2)3/h10-12H,4-9H2,1-3H3. The number of hydrogen-bond acceptors (Lipinski definition) is 2. The highest BCUT2D eigenvalue weighted by Gasteiger charge is 2.45. The molecule has 0 bridgehead atoms. The number of amides is 2. The fourth-order valence-electron chi connectivity index (χ4n) is 3.13. The van der Waals surface area contributed by atoms with Crippen molar-refractivity contribution in [3.63, 3.8) is 0 Å². The van der Waals surface area contributed by atoms with Gasteiger partial charge in [-0.3, -0.25) is 9.59 Å². The maximum atomic E-state index is 12.5. The smallest absolute Gasteiger partial charge is 0.246 e. The normalized spacial score (nSPS) is 28.9. The minimum absolute atomic E-state index is 0.169. The van der Waals surface area contributed by atoms with Gasteiger partial charge in [0, 0.05) is 13.1 Å². The zero-order valence-electron chi connectivity index (χ0n) is 11.7. The second-order valence-corrected chi connectivity index (χ2v) is 5.85. The Kier molecular flexibility index (Phi) is 3.93. The van der Waals surface area contributed by atoms with Crippen molar-refractivity contribution in [2.45, 2.75) is 58.5 Å². The van der Waals surface area contributed by atoms with E-state index in [1.54, 1.807) is 0 Å². The van der Waals surface area contributed by atoms with Crippen LogP contribution in [-0.2, 0) is 9.59 Å². The van der Waals surface area contributed by atoms with Gasteiger partial charge in [-0.2, -0.15) is 0 Å². The Bertz CT molecular complexity index is 341. The van der Waals surface area contributed by atoms with Gasteiger partial charge in [-0.05, 0) is 31.6 Å². The number of piperazine rings is 1. The third-order valence-electron chi connectivity index (χ3n) is 3.96. The maximum Gasteiger partial charge on any atom is 0.246 e. The first-order valence-corrected chi connectivity index (χ1v) is 7.17. The van der Waals surface area contributed by atoms with Crippen LogP contribution in [0, 0.1) is 5.92 Å². The molecule has 2 aliphatic rings. The number of piperidine rings is 1. The summed E-state index contributed by atoms with van der Waals surface area (Å²) in [6.45, 7) is 7.65. The highest BCUT2D eigenvalue weighted by Crippen LogP contribution is 2.27. The van der Waals surface area contributed by atoms with Gasteiger partial charge in [0.1, 0.15) is 12.1 Å². The van der Waals surface area contributed by atoms with Crippen LogP contribution in [0.1, 0.15) is 46.5 Å². The van der Waals surface area contributed by atoms with Crippen molar-refractivity contribution in [2.24, 2.45) is 5.92 Å². The van der Waals surface area contributed by atoms with E-state index in [1.807, 2.05) is 16.7 Å². The van der Waals surface area contributed by atoms with Gasteiger partial charge in [-0.25, -0.2) is 0 Å². The van der Waals surface area contributed by atoms with Gasteiger partial charge < -0.3 is 9.80 Å². The number of carbonyl (C=O) groups excluding carboxylic acids is 2. The number of nitrogens with zero attached hydrogens (tertiary/aromatic N) is 2. The summed E-state index contributed by atoms with van der Waals surface area (Å²) >= 11 is 0. The Balaban J connectivity index is 2.23. The molecule has 2 rings (SSSR count). The molecule has 2 unspecified atom stereocenters. The van der Waals surface area contributed by atoms with Gasteiger partial charge in [0.25, 0.3) is 0 Å². The molecule has 0 spiro atoms. The topological polar surface area (TPSA) is 40.6 Å². The van der Waals surface area contributed by atoms with Crippen molar-refractivity contribution in [3.05, 3.63) is 0 Å². The molecule has 0 aromatic rings. The van der Waals surface area contributed by atoms with Crippen LogP contribution in [0.15, 0.2) is 0 Å². The largest absolute Gasteiger partial charge is 0.329 e. The zero-order chi connectivity index (χ0) is 13.3. The highest BCUT2D eigenvalue weighted by atomic mass is 16.2. The van der Waals surface area contributed by atoms with Crippen molar-refractivity contribution in [1.29, 1.82) is 0 Å². The third-order valence-corrected chi connectivity index (χ3v) is 3.96. The number of hydrogen-bond donors (Lipinski definition) is 0. The van der Waals surface area contributed by atoms with E-state index in [1.165, 1.54) is 0 Å². The molecular weight excluding hydrogens is 228 g/mol. The van der Waals surface area contributed by atoms with Crippen molar-refractivity contribution in [1.82, 2.24) is 9.80 Å². The second kappa shape index (κ2) is 5.29. The zero-order valence-corrected chi connectivity index (χ0v) is 11.7. The van der Waals surface area contributed by atoms with Crippen LogP contribution in [0.2, 0.25) is 0 Å². The molecule has 102 valence electrons. The minimum atomic E-state index is -0.228. The molecule has 2 heterocycles. The molecule has 0 saturated carbocycles. The summed E-state index contributed by atoms with van der Waals surface area (Å²) < 4.78 is 0. The molecule has 2 aliphatic heterocycles. The second-order valence-electron chi connectivity index (χ2n) is 5.85. The lowest BCUT2D eigenvalue weighted by Crippen LogP contribution is -2.66. The van der Waals surface area contributed by atoms with Gasteiger partial charge in [-0.1, -0.05) is 20.8 Å². The van der Waals surface area contributed by atoms with Gasteiger partial charge in [0.15, 0.2) is 0 Å². The first kappa shape index (κ1) is 13.4. The summed E-state index contributed by atoms with van der Waals surface area (Å²) in [4.78, 5) is 28.7. The Morgan fingerprint density at radius 1 is 1.22 bits per heavy atom. The van der Waals surface area contributed by atoms with Crippen LogP contribution < -0.4 is 0 Å². The summed E-state index contributed by atoms with van der Waals surface area (Å²) in [5.74, 6) is 0.753. The molecule has 2 atom stereocenters. The lowest BCUT2D eigenvalue weighted by molar-refractivity contribution is -0.164. The van der Waals surface area contributed by atoms with Crippen LogP contribution in [0.4, 0.5) is 0 Å². The molecule has 2 saturated heterocycles. The number of fused-ring (bicyclic) bond motifs is 1. The maximum absolute atomic E-state index is 12.5.